The van der Waals surface area contributed by atoms with Crippen molar-refractivity contribution in [3.05, 3.63) is 60.3 Å². The Morgan fingerprint density at radius 3 is 2.56 bits per heavy atom. The molecule has 0 aliphatic carbocycles. The Kier molecular flexibility index (Phi) is 6.37. The third kappa shape index (κ3) is 4.57. The molecule has 1 aromatic heterocycles. The molecule has 1 fully saturated rings. The first-order chi connectivity index (χ1) is 15.3. The number of morpholine rings is 1. The van der Waals surface area contributed by atoms with Crippen LogP contribution in [0.1, 0.15) is 37.6 Å². The van der Waals surface area contributed by atoms with Crippen LogP contribution in [0.15, 0.2) is 59.6 Å². The number of carbonyl (C=O) groups excluding carboxylic acids is 1. The second kappa shape index (κ2) is 9.05. The quantitative estimate of drug-likeness (QED) is 0.607. The van der Waals surface area contributed by atoms with Crippen molar-refractivity contribution in [3.63, 3.8) is 0 Å². The summed E-state index contributed by atoms with van der Waals surface area (Å²) < 4.78 is 35.6. The molecule has 32 heavy (non-hydrogen) atoms. The molecular weight excluding hydrogens is 426 g/mol. The number of rotatable bonds is 6. The van der Waals surface area contributed by atoms with Crippen molar-refractivity contribution in [2.24, 2.45) is 0 Å². The van der Waals surface area contributed by atoms with Crippen LogP contribution in [0.2, 0.25) is 0 Å². The van der Waals surface area contributed by atoms with E-state index in [0.717, 1.165) is 23.9 Å². The number of aromatic nitrogens is 1. The molecule has 1 aliphatic heterocycles. The van der Waals surface area contributed by atoms with Gasteiger partial charge in [-0.15, -0.1) is 0 Å². The standard InChI is InChI=1S/C24H29N3O4S/c1-4-11-26-12-10-19-13-21(8-9-23(19)26)25-24(28)20-6-5-7-22(14-20)32(29,30)27-15-17(2)31-18(3)16-27/h5-10,12-14,17-18H,4,11,15-16H2,1-3H3,(H,25,28). The van der Waals surface area contributed by atoms with Crippen molar-refractivity contribution in [2.45, 2.75) is 50.8 Å². The van der Waals surface area contributed by atoms with Gasteiger partial charge in [-0.2, -0.15) is 4.31 Å². The highest BCUT2D eigenvalue weighted by molar-refractivity contribution is 7.89. The summed E-state index contributed by atoms with van der Waals surface area (Å²) in [5.41, 5.74) is 2.08. The first-order valence-electron chi connectivity index (χ1n) is 10.9. The number of nitrogens with zero attached hydrogens (tertiary/aromatic N) is 2. The fourth-order valence-corrected chi connectivity index (χ4v) is 5.83. The number of hydrogen-bond donors (Lipinski definition) is 1. The molecule has 1 amide bonds. The fraction of sp³-hybridized carbons (Fsp3) is 0.375. The highest BCUT2D eigenvalue weighted by atomic mass is 32.2. The average molecular weight is 456 g/mol. The summed E-state index contributed by atoms with van der Waals surface area (Å²) in [6, 6.07) is 14.0. The summed E-state index contributed by atoms with van der Waals surface area (Å²) in [7, 11) is -3.72. The Morgan fingerprint density at radius 1 is 1.09 bits per heavy atom. The fourth-order valence-electron chi connectivity index (χ4n) is 4.19. The normalized spacial score (nSPS) is 19.8. The number of amides is 1. The number of benzene rings is 2. The van der Waals surface area contributed by atoms with E-state index in [1.807, 2.05) is 44.3 Å². The van der Waals surface area contributed by atoms with Gasteiger partial charge in [-0.1, -0.05) is 13.0 Å². The third-order valence-corrected chi connectivity index (χ3v) is 7.44. The lowest BCUT2D eigenvalue weighted by Crippen LogP contribution is -2.48. The van der Waals surface area contributed by atoms with Gasteiger partial charge < -0.3 is 14.6 Å². The van der Waals surface area contributed by atoms with E-state index in [9.17, 15) is 13.2 Å². The lowest BCUT2D eigenvalue weighted by Gasteiger charge is -2.34. The van der Waals surface area contributed by atoms with Gasteiger partial charge in [0.15, 0.2) is 0 Å². The molecule has 0 spiro atoms. The molecule has 3 aromatic rings. The molecular formula is C24H29N3O4S. The summed E-state index contributed by atoms with van der Waals surface area (Å²) in [5.74, 6) is -0.349. The van der Waals surface area contributed by atoms with Crippen LogP contribution in [0.5, 0.6) is 0 Å². The third-order valence-electron chi connectivity index (χ3n) is 5.61. The zero-order chi connectivity index (χ0) is 22.9. The number of aryl methyl sites for hydroxylation is 1. The maximum absolute atomic E-state index is 13.1. The minimum atomic E-state index is -3.72. The SMILES string of the molecule is CCCn1ccc2cc(NC(=O)c3cccc(S(=O)(=O)N4CC(C)OC(C)C4)c3)ccc21. The number of sulfonamides is 1. The number of carbonyl (C=O) groups is 1. The average Bonchev–Trinajstić information content (AvgIpc) is 3.15. The van der Waals surface area contributed by atoms with Crippen LogP contribution in [0, 0.1) is 0 Å². The summed E-state index contributed by atoms with van der Waals surface area (Å²) in [5, 5.41) is 3.93. The summed E-state index contributed by atoms with van der Waals surface area (Å²) in [6.45, 7) is 7.37. The molecule has 0 bridgehead atoms. The molecule has 0 saturated carbocycles. The maximum Gasteiger partial charge on any atom is 0.255 e. The molecule has 2 heterocycles. The lowest BCUT2D eigenvalue weighted by molar-refractivity contribution is -0.0440. The van der Waals surface area contributed by atoms with E-state index < -0.39 is 10.0 Å². The largest absolute Gasteiger partial charge is 0.373 e. The van der Waals surface area contributed by atoms with Crippen LogP contribution >= 0.6 is 0 Å². The highest BCUT2D eigenvalue weighted by Crippen LogP contribution is 2.24. The molecule has 7 nitrogen and oxygen atoms in total. The van der Waals surface area contributed by atoms with Gasteiger partial charge in [0.1, 0.15) is 0 Å². The van der Waals surface area contributed by atoms with E-state index in [2.05, 4.69) is 16.8 Å². The van der Waals surface area contributed by atoms with Gasteiger partial charge in [0.05, 0.1) is 17.1 Å². The van der Waals surface area contributed by atoms with Gasteiger partial charge in [-0.25, -0.2) is 8.42 Å². The van der Waals surface area contributed by atoms with Crippen LogP contribution in [-0.2, 0) is 21.3 Å². The monoisotopic (exact) mass is 455 g/mol. The lowest BCUT2D eigenvalue weighted by atomic mass is 10.2. The second-order valence-electron chi connectivity index (χ2n) is 8.34. The van der Waals surface area contributed by atoms with Gasteiger partial charge in [0, 0.05) is 48.0 Å². The van der Waals surface area contributed by atoms with Gasteiger partial charge in [0.2, 0.25) is 10.0 Å². The molecule has 4 rings (SSSR count). The van der Waals surface area contributed by atoms with Crippen LogP contribution < -0.4 is 5.32 Å². The van der Waals surface area contributed by atoms with Crippen LogP contribution in [0.3, 0.4) is 0 Å². The Hall–Kier alpha value is -2.68. The predicted octanol–water partition coefficient (Wildman–Crippen LogP) is 4.10. The van der Waals surface area contributed by atoms with Gasteiger partial charge >= 0.3 is 0 Å². The van der Waals surface area contributed by atoms with E-state index in [1.54, 1.807) is 12.1 Å². The van der Waals surface area contributed by atoms with Crippen molar-refractivity contribution >= 4 is 32.5 Å². The van der Waals surface area contributed by atoms with E-state index >= 15 is 0 Å². The summed E-state index contributed by atoms with van der Waals surface area (Å²) >= 11 is 0. The number of fused-ring (bicyclic) bond motifs is 1. The molecule has 170 valence electrons. The zero-order valence-electron chi connectivity index (χ0n) is 18.6. The van der Waals surface area contributed by atoms with Crippen LogP contribution in [-0.4, -0.2) is 48.5 Å². The van der Waals surface area contributed by atoms with Crippen molar-refractivity contribution in [2.75, 3.05) is 18.4 Å². The Balaban J connectivity index is 1.54. The van der Waals surface area contributed by atoms with Gasteiger partial charge in [0.25, 0.3) is 5.91 Å². The zero-order valence-corrected chi connectivity index (χ0v) is 19.4. The summed E-state index contributed by atoms with van der Waals surface area (Å²) in [6.07, 6.45) is 2.73. The highest BCUT2D eigenvalue weighted by Gasteiger charge is 2.32. The minimum Gasteiger partial charge on any atom is -0.373 e. The van der Waals surface area contributed by atoms with Gasteiger partial charge in [-0.3, -0.25) is 4.79 Å². The molecule has 8 heteroatoms. The molecule has 2 unspecified atom stereocenters. The maximum atomic E-state index is 13.1. The smallest absolute Gasteiger partial charge is 0.255 e. The molecule has 1 N–H and O–H groups in total. The Bertz CT molecular complexity index is 1230. The Labute approximate surface area is 189 Å². The Morgan fingerprint density at radius 2 is 1.84 bits per heavy atom. The molecule has 0 radical (unpaired) electrons. The number of hydrogen-bond acceptors (Lipinski definition) is 4. The minimum absolute atomic E-state index is 0.110. The second-order valence-corrected chi connectivity index (χ2v) is 10.3. The van der Waals surface area contributed by atoms with Crippen molar-refractivity contribution in [1.29, 1.82) is 0 Å². The van der Waals surface area contributed by atoms with E-state index in [-0.39, 0.29) is 23.0 Å². The first-order valence-corrected chi connectivity index (χ1v) is 12.4. The number of nitrogens with one attached hydrogen (secondary N) is 1. The molecule has 1 aliphatic rings. The van der Waals surface area contributed by atoms with Crippen molar-refractivity contribution < 1.29 is 17.9 Å². The first kappa shape index (κ1) is 22.5. The summed E-state index contributed by atoms with van der Waals surface area (Å²) in [4.78, 5) is 13.0. The van der Waals surface area contributed by atoms with E-state index in [4.69, 9.17) is 4.74 Å². The number of ether oxygens (including phenoxy) is 1. The van der Waals surface area contributed by atoms with E-state index in [0.29, 0.717) is 24.3 Å². The van der Waals surface area contributed by atoms with Crippen LogP contribution in [0.25, 0.3) is 10.9 Å². The molecule has 2 aromatic carbocycles. The van der Waals surface area contributed by atoms with Crippen molar-refractivity contribution in [3.8, 4) is 0 Å². The van der Waals surface area contributed by atoms with E-state index in [1.165, 1.54) is 16.4 Å². The molecule has 1 saturated heterocycles. The van der Waals surface area contributed by atoms with Crippen LogP contribution in [0.4, 0.5) is 5.69 Å². The number of anilines is 1. The predicted molar refractivity (Wildman–Crippen MR) is 125 cm³/mol. The van der Waals surface area contributed by atoms with Gasteiger partial charge in [-0.05, 0) is 62.7 Å². The van der Waals surface area contributed by atoms with Crippen molar-refractivity contribution in [1.82, 2.24) is 8.87 Å². The molecule has 2 atom stereocenters. The topological polar surface area (TPSA) is 80.6 Å².